The summed E-state index contributed by atoms with van der Waals surface area (Å²) in [7, 11) is -74.6. The Morgan fingerprint density at radius 2 is 0.721 bits per heavy atom. The molecule has 1 unspecified atom stereocenters. The third-order valence-corrected chi connectivity index (χ3v) is 145. The fraction of sp³-hybridized carbons (Fsp3) is 1.00. The van der Waals surface area contributed by atoms with Crippen LogP contribution in [0.4, 0.5) is 0 Å². The highest BCUT2D eigenvalue weighted by atomic mass is 30.1. The SMILES string of the molecule is C[Si](O)(CCCN)[Si](=O)[Si](=O)[Si](=O)[Si](=O)[Si](=O)[Si](=O)[Si](=O)[Si](=O)[Si](=O)[Si](=O)[Si](=O)[Si](=O)[Si](=O)[Si](=O)[Si](=O)[Si](=O)[Si](=O)[Si]O. The molecular formula is C4H13NO19Si19. The summed E-state index contributed by atoms with van der Waals surface area (Å²) in [5.41, 5.74) is 5.28. The predicted molar refractivity (Wildman–Crippen MR) is 150 cm³/mol. The molecular weight excluding hydrogens is 900 g/mol. The van der Waals surface area contributed by atoms with Crippen LogP contribution in [0.15, 0.2) is 0 Å². The molecule has 0 amide bonds. The molecule has 0 aromatic heterocycles. The van der Waals surface area contributed by atoms with Crippen LogP contribution in [-0.4, -0.2) is 164 Å². The Morgan fingerprint density at radius 3 is 0.953 bits per heavy atom. The van der Waals surface area contributed by atoms with Gasteiger partial charge in [-0.3, -0.25) is 0 Å². The first kappa shape index (κ1) is 43.6. The molecule has 1 atom stereocenters. The second-order valence-electron chi connectivity index (χ2n) is 7.87. The second kappa shape index (κ2) is 19.4. The van der Waals surface area contributed by atoms with Gasteiger partial charge in [0.2, 0.25) is 7.83 Å². The number of rotatable bonds is 21. The Labute approximate surface area is 263 Å². The Balaban J connectivity index is 5.68. The van der Waals surface area contributed by atoms with Crippen molar-refractivity contribution in [3.8, 4) is 0 Å². The van der Waals surface area contributed by atoms with Crippen LogP contribution in [0.1, 0.15) is 6.42 Å². The van der Waals surface area contributed by atoms with Crippen LogP contribution < -0.4 is 5.73 Å². The maximum atomic E-state index is 12.5. The van der Waals surface area contributed by atoms with E-state index < -0.39 is 148 Å². The molecule has 0 aliphatic heterocycles. The van der Waals surface area contributed by atoms with Crippen molar-refractivity contribution in [3.05, 3.63) is 0 Å². The van der Waals surface area contributed by atoms with Crippen LogP contribution in [0.3, 0.4) is 0 Å². The average Bonchev–Trinajstić information content (AvgIpc) is 3.00. The largest absolute Gasteiger partial charge is 0.429 e. The van der Waals surface area contributed by atoms with Crippen molar-refractivity contribution >= 4 is 148 Å². The lowest BCUT2D eigenvalue weighted by atomic mass is 10.5. The van der Waals surface area contributed by atoms with Crippen molar-refractivity contribution in [2.75, 3.05) is 6.54 Å². The lowest BCUT2D eigenvalue weighted by molar-refractivity contribution is 0.526. The van der Waals surface area contributed by atoms with Gasteiger partial charge in [-0.25, -0.2) is 0 Å². The molecule has 0 saturated carbocycles. The van der Waals surface area contributed by atoms with Gasteiger partial charge in [0.25, 0.3) is 9.28 Å². The molecule has 20 nitrogen and oxygen atoms in total. The average molecular weight is 913 g/mol. The van der Waals surface area contributed by atoms with E-state index in [1.54, 1.807) is 0 Å². The van der Waals surface area contributed by atoms with Gasteiger partial charge in [-0.2, -0.15) is 0 Å². The van der Waals surface area contributed by atoms with Crippen molar-refractivity contribution in [1.29, 1.82) is 0 Å². The maximum absolute atomic E-state index is 12.5. The molecule has 2 radical (unpaired) electrons. The van der Waals surface area contributed by atoms with E-state index in [0.717, 1.165) is 6.55 Å². The molecule has 0 fully saturated rings. The van der Waals surface area contributed by atoms with Crippen LogP contribution in [0.2, 0.25) is 12.6 Å². The number of hydrogen-bond donors (Lipinski definition) is 3. The van der Waals surface area contributed by atoms with Crippen LogP contribution >= 0.6 is 0 Å². The molecule has 0 bridgehead atoms. The van der Waals surface area contributed by atoms with E-state index in [-0.39, 0.29) is 19.0 Å². The smallest absolute Gasteiger partial charge is 0.381 e. The molecule has 0 heterocycles. The van der Waals surface area contributed by atoms with Crippen LogP contribution in [0.5, 0.6) is 0 Å². The van der Waals surface area contributed by atoms with E-state index in [4.69, 9.17) is 10.5 Å². The molecule has 0 aromatic carbocycles. The quantitative estimate of drug-likeness (QED) is 0.0900. The van der Waals surface area contributed by atoms with Crippen LogP contribution in [0, 0.1) is 0 Å². The van der Waals surface area contributed by atoms with Gasteiger partial charge in [0.15, 0.2) is 0 Å². The first-order valence-corrected chi connectivity index (χ1v) is 56.2. The van der Waals surface area contributed by atoms with Crippen molar-refractivity contribution in [1.82, 2.24) is 0 Å². The summed E-state index contributed by atoms with van der Waals surface area (Å²) < 4.78 is 208. The zero-order valence-electron chi connectivity index (χ0n) is 21.0. The predicted octanol–water partition coefficient (Wildman–Crippen LogP) is -9.48. The monoisotopic (exact) mass is 911 g/mol. The molecule has 43 heavy (non-hydrogen) atoms. The van der Waals surface area contributed by atoms with Crippen molar-refractivity contribution in [3.63, 3.8) is 0 Å². The highest BCUT2D eigenvalue weighted by Crippen LogP contribution is 2.08. The van der Waals surface area contributed by atoms with Crippen LogP contribution in [0.25, 0.3) is 0 Å². The van der Waals surface area contributed by atoms with E-state index >= 15 is 0 Å². The van der Waals surface area contributed by atoms with E-state index in [1.165, 1.54) is 0 Å². The van der Waals surface area contributed by atoms with Gasteiger partial charge in [0, 0.05) is 0 Å². The summed E-state index contributed by atoms with van der Waals surface area (Å²) in [5, 5.41) is 0. The normalized spacial score (nSPS) is 11.5. The molecule has 0 spiro atoms. The first-order chi connectivity index (χ1) is 19.6. The van der Waals surface area contributed by atoms with Crippen molar-refractivity contribution in [2.24, 2.45) is 5.73 Å². The minimum absolute atomic E-state index is 0.0646. The van der Waals surface area contributed by atoms with Gasteiger partial charge in [0.1, 0.15) is 0 Å². The Hall–Kier alpha value is 0.601. The molecule has 0 aliphatic carbocycles. The Morgan fingerprint density at radius 1 is 0.488 bits per heavy atom. The molecule has 224 valence electrons. The fourth-order valence-corrected chi connectivity index (χ4v) is 205. The summed E-state index contributed by atoms with van der Waals surface area (Å²) in [5.74, 6) is 0. The third kappa shape index (κ3) is 11.7. The topological polar surface area (TPSA) is 357 Å². The lowest BCUT2D eigenvalue weighted by Crippen LogP contribution is -2.58. The third-order valence-electron chi connectivity index (χ3n) is 4.76. The van der Waals surface area contributed by atoms with E-state index in [2.05, 4.69) is 0 Å². The van der Waals surface area contributed by atoms with E-state index in [9.17, 15) is 80.6 Å². The molecule has 0 saturated heterocycles. The highest BCUT2D eigenvalue weighted by Gasteiger charge is 2.56. The minimum Gasteiger partial charge on any atom is -0.429 e. The Kier molecular flexibility index (Phi) is 19.7. The van der Waals surface area contributed by atoms with Gasteiger partial charge < -0.3 is 91.2 Å². The van der Waals surface area contributed by atoms with Gasteiger partial charge in [-0.15, -0.1) is 0 Å². The maximum Gasteiger partial charge on any atom is 0.381 e. The summed E-state index contributed by atoms with van der Waals surface area (Å²) in [6.07, 6.45) is 0.164. The van der Waals surface area contributed by atoms with Gasteiger partial charge in [-0.05, 0) is 25.6 Å². The number of hydrogen-bond acceptors (Lipinski definition) is 20. The molecule has 0 rings (SSSR count). The van der Waals surface area contributed by atoms with Gasteiger partial charge >= 0.3 is 131 Å². The van der Waals surface area contributed by atoms with Gasteiger partial charge in [-0.1, -0.05) is 0 Å². The van der Waals surface area contributed by atoms with Crippen LogP contribution in [-0.2, 0) is 75.9 Å². The van der Waals surface area contributed by atoms with E-state index in [1.807, 2.05) is 0 Å². The molecule has 0 aromatic rings. The summed E-state index contributed by atoms with van der Waals surface area (Å²) in [6, 6.07) is -0.116. The highest BCUT2D eigenvalue weighted by molar-refractivity contribution is 7.82. The number of nitrogens with two attached hydrogens (primary N) is 1. The fourth-order valence-electron chi connectivity index (χ4n) is 2.40. The summed E-state index contributed by atoms with van der Waals surface area (Å²) >= 11 is 0. The van der Waals surface area contributed by atoms with Crippen molar-refractivity contribution in [2.45, 2.75) is 19.0 Å². The summed E-state index contributed by atoms with van der Waals surface area (Å²) in [4.78, 5) is 19.0. The minimum atomic E-state index is -4.36. The first-order valence-electron chi connectivity index (χ1n) is 10.7. The summed E-state index contributed by atoms with van der Waals surface area (Å²) in [6.45, 7) is 1.18. The van der Waals surface area contributed by atoms with E-state index in [0.29, 0.717) is 0 Å². The Bertz CT molecular complexity index is 1520. The lowest BCUT2D eigenvalue weighted by Gasteiger charge is -2.14. The van der Waals surface area contributed by atoms with Gasteiger partial charge in [0.05, 0.1) is 0 Å². The zero-order chi connectivity index (χ0) is 34.1. The van der Waals surface area contributed by atoms with Crippen molar-refractivity contribution < 1.29 is 85.4 Å². The molecule has 4 N–H and O–H groups in total. The molecule has 39 heteroatoms. The second-order valence-corrected chi connectivity index (χ2v) is 98.1. The zero-order valence-corrected chi connectivity index (χ0v) is 40.0. The molecule has 0 aliphatic rings. The standard InChI is InChI=1S/C4H13NO19Si19/c1-43(24,4-2-3-5)42(23)41(22)40(21)39(20)38(19)37(18)36(17)35(16)34(15)33(14)32(13)31(12)30(11)29(10)28(9)27(8)26(7)25-6/h6,24H,2-5H2,1H3.